The fourth-order valence-corrected chi connectivity index (χ4v) is 1.17. The second-order valence-electron chi connectivity index (χ2n) is 3.91. The summed E-state index contributed by atoms with van der Waals surface area (Å²) < 4.78 is 9.94. The van der Waals surface area contributed by atoms with Crippen molar-refractivity contribution in [2.75, 3.05) is 39.4 Å². The molecule has 2 rings (SSSR count). The predicted octanol–water partition coefficient (Wildman–Crippen LogP) is 0.671. The maximum absolute atomic E-state index is 11.1. The van der Waals surface area contributed by atoms with Crippen LogP contribution in [0.25, 0.3) is 0 Å². The summed E-state index contributed by atoms with van der Waals surface area (Å²) in [5, 5.41) is 0. The SMILES string of the molecule is O=C(OCCCCOC(=O)N1CC1)N1CC1. The molecule has 90 valence electrons. The highest BCUT2D eigenvalue weighted by molar-refractivity contribution is 5.70. The van der Waals surface area contributed by atoms with E-state index in [1.807, 2.05) is 0 Å². The highest BCUT2D eigenvalue weighted by atomic mass is 16.6. The van der Waals surface area contributed by atoms with E-state index in [1.54, 1.807) is 9.80 Å². The molecular formula is C10H16N2O4. The molecule has 0 spiro atoms. The molecule has 0 unspecified atom stereocenters. The summed E-state index contributed by atoms with van der Waals surface area (Å²) >= 11 is 0. The first kappa shape index (κ1) is 11.0. The largest absolute Gasteiger partial charge is 0.449 e. The minimum atomic E-state index is -0.235. The molecule has 2 aliphatic rings. The Bertz CT molecular complexity index is 246. The van der Waals surface area contributed by atoms with Crippen LogP contribution in [0.4, 0.5) is 9.59 Å². The Labute approximate surface area is 94.1 Å². The Balaban J connectivity index is 1.39. The van der Waals surface area contributed by atoms with Crippen LogP contribution in [0.2, 0.25) is 0 Å². The lowest BCUT2D eigenvalue weighted by molar-refractivity contribution is 0.114. The number of rotatable bonds is 5. The van der Waals surface area contributed by atoms with Gasteiger partial charge in [-0.25, -0.2) is 9.59 Å². The van der Waals surface area contributed by atoms with Crippen LogP contribution in [0.1, 0.15) is 12.8 Å². The molecular weight excluding hydrogens is 212 g/mol. The minimum absolute atomic E-state index is 0.235. The summed E-state index contributed by atoms with van der Waals surface area (Å²) in [6.45, 7) is 4.05. The van der Waals surface area contributed by atoms with Crippen LogP contribution in [0.5, 0.6) is 0 Å². The van der Waals surface area contributed by atoms with E-state index in [9.17, 15) is 9.59 Å². The van der Waals surface area contributed by atoms with Gasteiger partial charge in [0, 0.05) is 26.2 Å². The molecule has 6 nitrogen and oxygen atoms in total. The summed E-state index contributed by atoms with van der Waals surface area (Å²) in [5.41, 5.74) is 0. The Morgan fingerprint density at radius 1 is 0.812 bits per heavy atom. The van der Waals surface area contributed by atoms with Gasteiger partial charge >= 0.3 is 12.2 Å². The molecule has 2 aliphatic heterocycles. The summed E-state index contributed by atoms with van der Waals surface area (Å²) in [6.07, 6.45) is 0.988. The Morgan fingerprint density at radius 2 is 1.19 bits per heavy atom. The maximum atomic E-state index is 11.1. The quantitative estimate of drug-likeness (QED) is 0.512. The van der Waals surface area contributed by atoms with Gasteiger partial charge in [0.25, 0.3) is 0 Å². The second kappa shape index (κ2) is 5.05. The summed E-state index contributed by atoms with van der Waals surface area (Å²) in [5.74, 6) is 0. The van der Waals surface area contributed by atoms with Crippen molar-refractivity contribution in [1.82, 2.24) is 9.80 Å². The molecule has 0 aromatic rings. The van der Waals surface area contributed by atoms with Gasteiger partial charge in [0.15, 0.2) is 0 Å². The number of carbonyl (C=O) groups is 2. The predicted molar refractivity (Wildman–Crippen MR) is 55.1 cm³/mol. The van der Waals surface area contributed by atoms with E-state index in [1.165, 1.54) is 0 Å². The zero-order valence-electron chi connectivity index (χ0n) is 9.18. The van der Waals surface area contributed by atoms with Gasteiger partial charge in [-0.1, -0.05) is 0 Å². The lowest BCUT2D eigenvalue weighted by atomic mass is 10.3. The first-order valence-electron chi connectivity index (χ1n) is 5.61. The van der Waals surface area contributed by atoms with Crippen LogP contribution in [0, 0.1) is 0 Å². The van der Waals surface area contributed by atoms with E-state index in [4.69, 9.17) is 9.47 Å². The lowest BCUT2D eigenvalue weighted by Gasteiger charge is -2.06. The van der Waals surface area contributed by atoms with E-state index in [0.29, 0.717) is 13.2 Å². The molecule has 0 N–H and O–H groups in total. The van der Waals surface area contributed by atoms with E-state index in [0.717, 1.165) is 39.0 Å². The summed E-state index contributed by atoms with van der Waals surface area (Å²) in [4.78, 5) is 25.4. The van der Waals surface area contributed by atoms with Crippen molar-refractivity contribution < 1.29 is 19.1 Å². The monoisotopic (exact) mass is 228 g/mol. The first-order chi connectivity index (χ1) is 7.77. The lowest BCUT2D eigenvalue weighted by Crippen LogP contribution is -2.15. The number of hydrogen-bond acceptors (Lipinski definition) is 4. The molecule has 6 heteroatoms. The van der Waals surface area contributed by atoms with Crippen molar-refractivity contribution in [3.8, 4) is 0 Å². The van der Waals surface area contributed by atoms with E-state index in [-0.39, 0.29) is 12.2 Å². The van der Waals surface area contributed by atoms with Gasteiger partial charge in [-0.15, -0.1) is 0 Å². The molecule has 0 atom stereocenters. The smallest absolute Gasteiger partial charge is 0.409 e. The van der Waals surface area contributed by atoms with Crippen LogP contribution in [-0.2, 0) is 9.47 Å². The Morgan fingerprint density at radius 3 is 1.50 bits per heavy atom. The number of hydrogen-bond donors (Lipinski definition) is 0. The molecule has 0 aromatic heterocycles. The number of amides is 2. The molecule has 2 heterocycles. The van der Waals surface area contributed by atoms with Crippen LogP contribution in [-0.4, -0.2) is 61.4 Å². The van der Waals surface area contributed by atoms with Crippen molar-refractivity contribution in [2.45, 2.75) is 12.8 Å². The van der Waals surface area contributed by atoms with Crippen LogP contribution < -0.4 is 0 Å². The topological polar surface area (TPSA) is 58.6 Å². The van der Waals surface area contributed by atoms with Gasteiger partial charge in [0.2, 0.25) is 0 Å². The zero-order valence-corrected chi connectivity index (χ0v) is 9.18. The number of carbonyl (C=O) groups excluding carboxylic acids is 2. The average molecular weight is 228 g/mol. The van der Waals surface area contributed by atoms with E-state index in [2.05, 4.69) is 0 Å². The number of unbranched alkanes of at least 4 members (excludes halogenated alkanes) is 1. The highest BCUT2D eigenvalue weighted by Crippen LogP contribution is 2.07. The minimum Gasteiger partial charge on any atom is -0.449 e. The van der Waals surface area contributed by atoms with Gasteiger partial charge in [0.05, 0.1) is 13.2 Å². The van der Waals surface area contributed by atoms with E-state index < -0.39 is 0 Å². The molecule has 0 saturated carbocycles. The second-order valence-corrected chi connectivity index (χ2v) is 3.91. The molecule has 0 aliphatic carbocycles. The van der Waals surface area contributed by atoms with Crippen molar-refractivity contribution in [2.24, 2.45) is 0 Å². The Hall–Kier alpha value is -1.46. The average Bonchev–Trinajstić information content (AvgIpc) is 3.15. The normalized spacial score (nSPS) is 17.0. The van der Waals surface area contributed by atoms with Gasteiger partial charge in [-0.2, -0.15) is 0 Å². The van der Waals surface area contributed by atoms with E-state index >= 15 is 0 Å². The first-order valence-corrected chi connectivity index (χ1v) is 5.61. The number of ether oxygens (including phenoxy) is 2. The fraction of sp³-hybridized carbons (Fsp3) is 0.800. The molecule has 2 saturated heterocycles. The van der Waals surface area contributed by atoms with Crippen molar-refractivity contribution in [1.29, 1.82) is 0 Å². The third kappa shape index (κ3) is 3.60. The molecule has 0 aromatic carbocycles. The molecule has 0 bridgehead atoms. The third-order valence-electron chi connectivity index (χ3n) is 2.40. The van der Waals surface area contributed by atoms with Crippen molar-refractivity contribution in [3.63, 3.8) is 0 Å². The molecule has 2 fully saturated rings. The van der Waals surface area contributed by atoms with Gasteiger partial charge in [0.1, 0.15) is 0 Å². The molecule has 2 amide bonds. The fourth-order valence-electron chi connectivity index (χ4n) is 1.17. The highest BCUT2D eigenvalue weighted by Gasteiger charge is 2.26. The third-order valence-corrected chi connectivity index (χ3v) is 2.40. The summed E-state index contributed by atoms with van der Waals surface area (Å²) in [6, 6.07) is 0. The van der Waals surface area contributed by atoms with Crippen LogP contribution in [0.3, 0.4) is 0 Å². The summed E-state index contributed by atoms with van der Waals surface area (Å²) in [7, 11) is 0. The molecule has 0 radical (unpaired) electrons. The van der Waals surface area contributed by atoms with Crippen molar-refractivity contribution >= 4 is 12.2 Å². The zero-order chi connectivity index (χ0) is 11.4. The van der Waals surface area contributed by atoms with Crippen LogP contribution in [0.15, 0.2) is 0 Å². The Kier molecular flexibility index (Phi) is 3.48. The van der Waals surface area contributed by atoms with Gasteiger partial charge in [-0.05, 0) is 12.8 Å². The van der Waals surface area contributed by atoms with Gasteiger partial charge < -0.3 is 19.3 Å². The molecule has 16 heavy (non-hydrogen) atoms. The van der Waals surface area contributed by atoms with Gasteiger partial charge in [-0.3, -0.25) is 0 Å². The van der Waals surface area contributed by atoms with Crippen LogP contribution >= 0.6 is 0 Å². The standard InChI is InChI=1S/C10H16N2O4/c13-9(11-3-4-11)15-7-1-2-8-16-10(14)12-5-6-12/h1-8H2. The van der Waals surface area contributed by atoms with Crippen molar-refractivity contribution in [3.05, 3.63) is 0 Å². The number of nitrogens with zero attached hydrogens (tertiary/aromatic N) is 2. The maximum Gasteiger partial charge on any atom is 0.409 e.